The molecule has 0 aromatic carbocycles. The van der Waals surface area contributed by atoms with Gasteiger partial charge in [-0.3, -0.25) is 0 Å². The molecule has 1 N–H and O–H groups in total. The summed E-state index contributed by atoms with van der Waals surface area (Å²) in [6.07, 6.45) is 2.11. The van der Waals surface area contributed by atoms with Gasteiger partial charge in [-0.05, 0) is 4.92 Å². The Morgan fingerprint density at radius 2 is 2.50 bits per heavy atom. The first-order valence-electron chi connectivity index (χ1n) is 2.97. The van der Waals surface area contributed by atoms with E-state index in [2.05, 4.69) is 4.98 Å². The van der Waals surface area contributed by atoms with E-state index in [1.165, 1.54) is 0 Å². The molecule has 0 fully saturated rings. The second kappa shape index (κ2) is 2.99. The van der Waals surface area contributed by atoms with Crippen LogP contribution in [0.4, 0.5) is 5.82 Å². The van der Waals surface area contributed by atoms with Crippen molar-refractivity contribution in [2.75, 3.05) is 0 Å². The monoisotopic (exact) mass is 171 g/mol. The maximum atomic E-state index is 10.2. The molecule has 0 atom stereocenters. The van der Waals surface area contributed by atoms with Crippen LogP contribution in [0.3, 0.4) is 0 Å². The molecule has 0 amide bonds. The minimum atomic E-state index is -1.14. The molecule has 7 nitrogen and oxygen atoms in total. The van der Waals surface area contributed by atoms with Crippen LogP contribution in [-0.2, 0) is 11.3 Å². The van der Waals surface area contributed by atoms with Crippen molar-refractivity contribution >= 4 is 11.8 Å². The van der Waals surface area contributed by atoms with E-state index in [4.69, 9.17) is 5.11 Å². The van der Waals surface area contributed by atoms with E-state index in [-0.39, 0.29) is 5.82 Å². The van der Waals surface area contributed by atoms with Crippen LogP contribution in [0.5, 0.6) is 0 Å². The van der Waals surface area contributed by atoms with Gasteiger partial charge < -0.3 is 15.2 Å². The third-order valence-corrected chi connectivity index (χ3v) is 1.18. The number of carbonyl (C=O) groups is 1. The summed E-state index contributed by atoms with van der Waals surface area (Å²) in [6.45, 7) is -0.448. The number of carboxylic acid groups (broad SMARTS) is 1. The van der Waals surface area contributed by atoms with Gasteiger partial charge in [0.2, 0.25) is 0 Å². The lowest BCUT2D eigenvalue weighted by atomic mass is 10.6. The Kier molecular flexibility index (Phi) is 2.04. The van der Waals surface area contributed by atoms with Crippen molar-refractivity contribution in [1.29, 1.82) is 0 Å². The number of nitro groups is 1. The Morgan fingerprint density at radius 3 is 3.00 bits per heavy atom. The molecular formula is C5H5N3O4. The molecule has 0 unspecified atom stereocenters. The Morgan fingerprint density at radius 1 is 1.83 bits per heavy atom. The largest absolute Gasteiger partial charge is 0.478 e. The molecule has 0 aliphatic rings. The smallest absolute Gasteiger partial charge is 0.346 e. The maximum Gasteiger partial charge on any atom is 0.346 e. The van der Waals surface area contributed by atoms with Crippen LogP contribution in [-0.4, -0.2) is 25.6 Å². The van der Waals surface area contributed by atoms with Gasteiger partial charge in [0.1, 0.15) is 6.20 Å². The van der Waals surface area contributed by atoms with Crippen molar-refractivity contribution in [3.8, 4) is 0 Å². The van der Waals surface area contributed by atoms with Crippen LogP contribution in [0.1, 0.15) is 0 Å². The summed E-state index contributed by atoms with van der Waals surface area (Å²) in [7, 11) is 0. The Hall–Kier alpha value is -1.92. The zero-order chi connectivity index (χ0) is 9.14. The van der Waals surface area contributed by atoms with Crippen molar-refractivity contribution in [2.24, 2.45) is 0 Å². The van der Waals surface area contributed by atoms with E-state index in [9.17, 15) is 14.9 Å². The van der Waals surface area contributed by atoms with Crippen molar-refractivity contribution in [3.05, 3.63) is 22.6 Å². The highest BCUT2D eigenvalue weighted by atomic mass is 16.6. The standard InChI is InChI=1S/C5H5N3O4/c9-5(10)2-7-3-6-1-4(7)8(11)12/h1,3H,2H2,(H,9,10). The lowest BCUT2D eigenvalue weighted by Crippen LogP contribution is -2.09. The first-order chi connectivity index (χ1) is 5.61. The van der Waals surface area contributed by atoms with Gasteiger partial charge in [-0.2, -0.15) is 0 Å². The fourth-order valence-electron chi connectivity index (χ4n) is 0.733. The van der Waals surface area contributed by atoms with Gasteiger partial charge in [0.15, 0.2) is 12.9 Å². The summed E-state index contributed by atoms with van der Waals surface area (Å²) < 4.78 is 0.947. The SMILES string of the molecule is O=C(O)Cn1cncc1[N+](=O)[O-]. The highest BCUT2D eigenvalue weighted by Crippen LogP contribution is 2.08. The van der Waals surface area contributed by atoms with Crippen molar-refractivity contribution in [2.45, 2.75) is 6.54 Å². The van der Waals surface area contributed by atoms with Gasteiger partial charge >= 0.3 is 11.8 Å². The molecule has 1 aromatic rings. The maximum absolute atomic E-state index is 10.2. The van der Waals surface area contributed by atoms with E-state index in [1.54, 1.807) is 0 Å². The molecule has 7 heteroatoms. The number of rotatable bonds is 3. The first-order valence-corrected chi connectivity index (χ1v) is 2.97. The molecule has 0 spiro atoms. The summed E-state index contributed by atoms with van der Waals surface area (Å²) in [5.41, 5.74) is 0. The third-order valence-electron chi connectivity index (χ3n) is 1.18. The lowest BCUT2D eigenvalue weighted by Gasteiger charge is -1.95. The van der Waals surface area contributed by atoms with Crippen LogP contribution >= 0.6 is 0 Å². The Bertz CT molecular complexity index is 318. The van der Waals surface area contributed by atoms with Gasteiger partial charge in [0.05, 0.1) is 0 Å². The van der Waals surface area contributed by atoms with Gasteiger partial charge in [-0.15, -0.1) is 0 Å². The normalized spacial score (nSPS) is 9.67. The number of aromatic nitrogens is 2. The van der Waals surface area contributed by atoms with Crippen LogP contribution in [0, 0.1) is 10.1 Å². The zero-order valence-corrected chi connectivity index (χ0v) is 5.88. The summed E-state index contributed by atoms with van der Waals surface area (Å²) in [5, 5.41) is 18.5. The number of carboxylic acids is 1. The van der Waals surface area contributed by atoms with Crippen LogP contribution in [0.25, 0.3) is 0 Å². The first kappa shape index (κ1) is 8.18. The van der Waals surface area contributed by atoms with Crippen LogP contribution < -0.4 is 0 Å². The number of imidazole rings is 1. The van der Waals surface area contributed by atoms with E-state index in [1.807, 2.05) is 0 Å². The van der Waals surface area contributed by atoms with Crippen molar-refractivity contribution in [3.63, 3.8) is 0 Å². The molecule has 1 aromatic heterocycles. The second-order valence-corrected chi connectivity index (χ2v) is 2.03. The topological polar surface area (TPSA) is 98.3 Å². The molecule has 64 valence electrons. The molecule has 0 radical (unpaired) electrons. The predicted molar refractivity (Wildman–Crippen MR) is 36.5 cm³/mol. The highest BCUT2D eigenvalue weighted by molar-refractivity contribution is 5.66. The summed E-state index contributed by atoms with van der Waals surface area (Å²) >= 11 is 0. The van der Waals surface area contributed by atoms with E-state index < -0.39 is 17.4 Å². The van der Waals surface area contributed by atoms with Crippen molar-refractivity contribution in [1.82, 2.24) is 9.55 Å². The second-order valence-electron chi connectivity index (χ2n) is 2.03. The van der Waals surface area contributed by atoms with Gasteiger partial charge in [-0.1, -0.05) is 0 Å². The molecule has 12 heavy (non-hydrogen) atoms. The third kappa shape index (κ3) is 1.57. The molecule has 0 saturated heterocycles. The van der Waals surface area contributed by atoms with Gasteiger partial charge in [0, 0.05) is 0 Å². The Labute approximate surface area is 66.4 Å². The number of hydrogen-bond donors (Lipinski definition) is 1. The minimum absolute atomic E-state index is 0.322. The molecule has 0 aliphatic heterocycles. The molecular weight excluding hydrogens is 166 g/mol. The molecule has 0 aliphatic carbocycles. The lowest BCUT2D eigenvalue weighted by molar-refractivity contribution is -0.392. The van der Waals surface area contributed by atoms with Gasteiger partial charge in [-0.25, -0.2) is 14.3 Å². The number of hydrogen-bond acceptors (Lipinski definition) is 4. The fraction of sp³-hybridized carbons (Fsp3) is 0.200. The molecule has 1 heterocycles. The van der Waals surface area contributed by atoms with E-state index in [0.29, 0.717) is 0 Å². The fourth-order valence-corrected chi connectivity index (χ4v) is 0.733. The average molecular weight is 171 g/mol. The zero-order valence-electron chi connectivity index (χ0n) is 5.88. The summed E-state index contributed by atoms with van der Waals surface area (Å²) in [4.78, 5) is 23.2. The average Bonchev–Trinajstić information content (AvgIpc) is 2.33. The van der Waals surface area contributed by atoms with E-state index >= 15 is 0 Å². The van der Waals surface area contributed by atoms with E-state index in [0.717, 1.165) is 17.1 Å². The summed E-state index contributed by atoms with van der Waals surface area (Å²) in [6, 6.07) is 0. The summed E-state index contributed by atoms with van der Waals surface area (Å²) in [5.74, 6) is -1.46. The molecule has 0 saturated carbocycles. The van der Waals surface area contributed by atoms with Crippen LogP contribution in [0.15, 0.2) is 12.5 Å². The molecule has 0 bridgehead atoms. The van der Waals surface area contributed by atoms with Gasteiger partial charge in [0.25, 0.3) is 0 Å². The minimum Gasteiger partial charge on any atom is -0.478 e. The number of nitrogens with zero attached hydrogens (tertiary/aromatic N) is 3. The number of aliphatic carboxylic acids is 1. The van der Waals surface area contributed by atoms with Crippen LogP contribution in [0.2, 0.25) is 0 Å². The van der Waals surface area contributed by atoms with Crippen molar-refractivity contribution < 1.29 is 14.8 Å². The molecule has 1 rings (SSSR count). The highest BCUT2D eigenvalue weighted by Gasteiger charge is 2.14. The predicted octanol–water partition coefficient (Wildman–Crippen LogP) is -0.124. The Balaban J connectivity index is 2.91. The quantitative estimate of drug-likeness (QED) is 0.504.